The Kier molecular flexibility index (Phi) is 5.33. The number of rotatable bonds is 4. The second-order valence-electron chi connectivity index (χ2n) is 9.98. The van der Waals surface area contributed by atoms with Crippen molar-refractivity contribution in [3.05, 3.63) is 23.3 Å². The van der Waals surface area contributed by atoms with Gasteiger partial charge in [0.2, 0.25) is 0 Å². The van der Waals surface area contributed by atoms with Gasteiger partial charge in [-0.3, -0.25) is 14.4 Å². The molecule has 0 aliphatic heterocycles. The molecule has 7 atom stereocenters. The van der Waals surface area contributed by atoms with Crippen LogP contribution < -0.4 is 0 Å². The number of carbonyl (C=O) groups excluding carboxylic acids is 3. The van der Waals surface area contributed by atoms with Crippen molar-refractivity contribution >= 4 is 17.5 Å². The van der Waals surface area contributed by atoms with Gasteiger partial charge in [-0.2, -0.15) is 0 Å². The second-order valence-corrected chi connectivity index (χ2v) is 9.98. The van der Waals surface area contributed by atoms with Crippen molar-refractivity contribution in [1.82, 2.24) is 0 Å². The Morgan fingerprint density at radius 1 is 1.24 bits per heavy atom. The number of hydrogen-bond donors (Lipinski definition) is 0. The van der Waals surface area contributed by atoms with Crippen LogP contribution in [0.5, 0.6) is 0 Å². The lowest BCUT2D eigenvalue weighted by Gasteiger charge is -2.55. The van der Waals surface area contributed by atoms with Crippen molar-refractivity contribution in [2.45, 2.75) is 78.7 Å². The Morgan fingerprint density at radius 2 is 2.00 bits per heavy atom. The zero-order chi connectivity index (χ0) is 20.9. The molecule has 0 aromatic rings. The molecule has 4 heteroatoms. The molecule has 6 unspecified atom stereocenters. The van der Waals surface area contributed by atoms with E-state index in [2.05, 4.69) is 20.8 Å². The number of ether oxygens (including phenoxy) is 1. The van der Waals surface area contributed by atoms with Gasteiger partial charge < -0.3 is 4.74 Å². The third-order valence-corrected chi connectivity index (χ3v) is 8.69. The van der Waals surface area contributed by atoms with Gasteiger partial charge in [0.15, 0.2) is 5.78 Å². The maximum absolute atomic E-state index is 12.9. The number of Topliss-reactive ketones (excluding diaryl/α,β-unsaturated/α-hetero) is 1. The minimum atomic E-state index is -0.230. The van der Waals surface area contributed by atoms with E-state index in [1.165, 1.54) is 18.1 Å². The minimum Gasteiger partial charge on any atom is -0.463 e. The van der Waals surface area contributed by atoms with E-state index in [0.29, 0.717) is 35.9 Å². The summed E-state index contributed by atoms with van der Waals surface area (Å²) in [5.74, 6) is 2.22. The lowest BCUT2D eigenvalue weighted by molar-refractivity contribution is -0.147. The second kappa shape index (κ2) is 7.52. The Bertz CT molecular complexity index is 791. The number of hydrogen-bond acceptors (Lipinski definition) is 4. The molecule has 29 heavy (non-hydrogen) atoms. The van der Waals surface area contributed by atoms with Crippen LogP contribution in [0.1, 0.15) is 72.6 Å². The summed E-state index contributed by atoms with van der Waals surface area (Å²) < 4.78 is 5.54. The van der Waals surface area contributed by atoms with Crippen LogP contribution in [0.3, 0.4) is 0 Å². The molecule has 0 amide bonds. The lowest BCUT2D eigenvalue weighted by Crippen LogP contribution is -2.49. The average Bonchev–Trinajstić information content (AvgIpc) is 2.98. The molecule has 3 saturated carbocycles. The van der Waals surface area contributed by atoms with Crippen LogP contribution in [0.15, 0.2) is 23.3 Å². The Labute approximate surface area is 174 Å². The first-order valence-electron chi connectivity index (χ1n) is 11.4. The molecule has 0 bridgehead atoms. The van der Waals surface area contributed by atoms with Gasteiger partial charge in [0, 0.05) is 24.7 Å². The quantitative estimate of drug-likeness (QED) is 0.637. The van der Waals surface area contributed by atoms with E-state index < -0.39 is 0 Å². The minimum absolute atomic E-state index is 0.0436. The van der Waals surface area contributed by atoms with Gasteiger partial charge in [-0.05, 0) is 81.3 Å². The molecule has 0 saturated heterocycles. The molecule has 0 heterocycles. The summed E-state index contributed by atoms with van der Waals surface area (Å²) in [6.07, 6.45) is 9.92. The van der Waals surface area contributed by atoms with E-state index in [1.807, 2.05) is 12.2 Å². The van der Waals surface area contributed by atoms with Crippen molar-refractivity contribution in [3.63, 3.8) is 0 Å². The third-order valence-electron chi connectivity index (χ3n) is 8.69. The highest BCUT2D eigenvalue weighted by Gasteiger charge is 2.57. The summed E-state index contributed by atoms with van der Waals surface area (Å²) >= 11 is 0. The SMILES string of the molecule is CCC(C[C@H]1CC(=O)C2CCC3C(CCC4=CC(=O)C=C(C)C43C)C21)OC(C)=O. The van der Waals surface area contributed by atoms with Gasteiger partial charge in [-0.1, -0.05) is 25.0 Å². The molecule has 4 aliphatic carbocycles. The Balaban J connectivity index is 1.62. The fourth-order valence-corrected chi connectivity index (χ4v) is 7.32. The van der Waals surface area contributed by atoms with Crippen LogP contribution in [0.4, 0.5) is 0 Å². The smallest absolute Gasteiger partial charge is 0.302 e. The predicted octanol–water partition coefficient (Wildman–Crippen LogP) is 4.82. The van der Waals surface area contributed by atoms with Crippen molar-refractivity contribution < 1.29 is 19.1 Å². The number of ketones is 2. The first kappa shape index (κ1) is 20.6. The maximum Gasteiger partial charge on any atom is 0.302 e. The summed E-state index contributed by atoms with van der Waals surface area (Å²) in [5.41, 5.74) is 2.45. The molecule has 0 aromatic carbocycles. The molecule has 4 rings (SSSR count). The largest absolute Gasteiger partial charge is 0.463 e. The fraction of sp³-hybridized carbons (Fsp3) is 0.720. The van der Waals surface area contributed by atoms with Crippen molar-refractivity contribution in [2.24, 2.45) is 35.0 Å². The molecule has 158 valence electrons. The highest BCUT2D eigenvalue weighted by Crippen LogP contribution is 2.63. The van der Waals surface area contributed by atoms with Crippen LogP contribution >= 0.6 is 0 Å². The average molecular weight is 399 g/mol. The standard InChI is InChI=1S/C25H34O4/c1-5-19(29-15(3)26)11-16-12-23(28)21-8-9-22-20(24(16)21)7-6-17-13-18(27)10-14(2)25(17,22)4/h10,13,16,19-22,24H,5-9,11-12H2,1-4H3/t16-,19?,20?,21?,22?,24?,25?/m0/s1. The Hall–Kier alpha value is -1.71. The van der Waals surface area contributed by atoms with E-state index in [1.54, 1.807) is 0 Å². The van der Waals surface area contributed by atoms with Crippen LogP contribution in [-0.2, 0) is 19.1 Å². The number of fused-ring (bicyclic) bond motifs is 5. The van der Waals surface area contributed by atoms with Crippen LogP contribution in [0.2, 0.25) is 0 Å². The van der Waals surface area contributed by atoms with E-state index in [-0.39, 0.29) is 29.2 Å². The highest BCUT2D eigenvalue weighted by atomic mass is 16.5. The summed E-state index contributed by atoms with van der Waals surface area (Å²) in [4.78, 5) is 36.5. The molecule has 0 aromatic heterocycles. The zero-order valence-corrected chi connectivity index (χ0v) is 18.2. The van der Waals surface area contributed by atoms with E-state index in [0.717, 1.165) is 38.5 Å². The highest BCUT2D eigenvalue weighted by molar-refractivity contribution is 6.02. The molecule has 0 spiro atoms. The normalized spacial score (nSPS) is 39.7. The van der Waals surface area contributed by atoms with E-state index in [4.69, 9.17) is 4.74 Å². The maximum atomic E-state index is 12.9. The monoisotopic (exact) mass is 398 g/mol. The number of esters is 1. The third kappa shape index (κ3) is 3.33. The topological polar surface area (TPSA) is 60.4 Å². The summed E-state index contributed by atoms with van der Waals surface area (Å²) in [6.45, 7) is 7.97. The first-order chi connectivity index (χ1) is 13.8. The van der Waals surface area contributed by atoms with E-state index in [9.17, 15) is 14.4 Å². The Morgan fingerprint density at radius 3 is 2.69 bits per heavy atom. The van der Waals surface area contributed by atoms with Gasteiger partial charge in [-0.25, -0.2) is 0 Å². The van der Waals surface area contributed by atoms with E-state index >= 15 is 0 Å². The fourth-order valence-electron chi connectivity index (χ4n) is 7.32. The van der Waals surface area contributed by atoms with Gasteiger partial charge in [-0.15, -0.1) is 0 Å². The van der Waals surface area contributed by atoms with Crippen molar-refractivity contribution in [1.29, 1.82) is 0 Å². The van der Waals surface area contributed by atoms with Gasteiger partial charge in [0.1, 0.15) is 11.9 Å². The molecule has 4 nitrogen and oxygen atoms in total. The lowest BCUT2D eigenvalue weighted by atomic mass is 9.48. The predicted molar refractivity (Wildman–Crippen MR) is 111 cm³/mol. The van der Waals surface area contributed by atoms with Gasteiger partial charge in [0.25, 0.3) is 0 Å². The van der Waals surface area contributed by atoms with Crippen LogP contribution in [0, 0.1) is 35.0 Å². The molecule has 4 aliphatic rings. The molecule has 0 N–H and O–H groups in total. The first-order valence-corrected chi connectivity index (χ1v) is 11.4. The van der Waals surface area contributed by atoms with Crippen LogP contribution in [-0.4, -0.2) is 23.6 Å². The van der Waals surface area contributed by atoms with Crippen molar-refractivity contribution in [3.8, 4) is 0 Å². The molecule has 0 radical (unpaired) electrons. The molecule has 3 fully saturated rings. The summed E-state index contributed by atoms with van der Waals surface area (Å²) in [6, 6.07) is 0. The molecular weight excluding hydrogens is 364 g/mol. The van der Waals surface area contributed by atoms with Gasteiger partial charge >= 0.3 is 5.97 Å². The van der Waals surface area contributed by atoms with Gasteiger partial charge in [0.05, 0.1) is 0 Å². The zero-order valence-electron chi connectivity index (χ0n) is 18.2. The van der Waals surface area contributed by atoms with Crippen molar-refractivity contribution in [2.75, 3.05) is 0 Å². The van der Waals surface area contributed by atoms with Crippen LogP contribution in [0.25, 0.3) is 0 Å². The number of allylic oxidation sites excluding steroid dienone is 4. The summed E-state index contributed by atoms with van der Waals surface area (Å²) in [7, 11) is 0. The number of carbonyl (C=O) groups is 3. The molecular formula is C25H34O4. The summed E-state index contributed by atoms with van der Waals surface area (Å²) in [5, 5.41) is 0.